The number of hydrogen-bond acceptors (Lipinski definition) is 3. The number of piperazine rings is 1. The molecule has 1 aliphatic rings. The van der Waals surface area contributed by atoms with E-state index < -0.39 is 0 Å². The smallest absolute Gasteiger partial charge is 0.254 e. The predicted molar refractivity (Wildman–Crippen MR) is 106 cm³/mol. The zero-order valence-electron chi connectivity index (χ0n) is 15.9. The minimum Gasteiger partial charge on any atom is -0.340 e. The molecule has 0 aromatic heterocycles. The number of rotatable bonds is 6. The Morgan fingerprint density at radius 2 is 1.78 bits per heavy atom. The van der Waals surface area contributed by atoms with Crippen LogP contribution in [-0.2, 0) is 11.3 Å². The molecule has 0 bridgehead atoms. The SMILES string of the molecule is Cc1cccc(CN(CCC(=O)N2CCNCC2)C(=O)c2ccccc2)c1. The van der Waals surface area contributed by atoms with Gasteiger partial charge in [0.2, 0.25) is 5.91 Å². The highest BCUT2D eigenvalue weighted by Gasteiger charge is 2.20. The van der Waals surface area contributed by atoms with Crippen molar-refractivity contribution in [3.8, 4) is 0 Å². The molecule has 5 nitrogen and oxygen atoms in total. The van der Waals surface area contributed by atoms with Gasteiger partial charge in [0.15, 0.2) is 0 Å². The van der Waals surface area contributed by atoms with E-state index in [0.29, 0.717) is 25.1 Å². The molecular weight excluding hydrogens is 338 g/mol. The van der Waals surface area contributed by atoms with Crippen LogP contribution in [0.25, 0.3) is 0 Å². The van der Waals surface area contributed by atoms with Crippen LogP contribution >= 0.6 is 0 Å². The van der Waals surface area contributed by atoms with Gasteiger partial charge in [0, 0.05) is 51.3 Å². The third-order valence-electron chi connectivity index (χ3n) is 4.83. The highest BCUT2D eigenvalue weighted by atomic mass is 16.2. The molecule has 3 rings (SSSR count). The summed E-state index contributed by atoms with van der Waals surface area (Å²) in [6.45, 7) is 6.12. The van der Waals surface area contributed by atoms with E-state index in [1.807, 2.05) is 60.4 Å². The Bertz CT molecular complexity index is 770. The molecule has 0 aliphatic carbocycles. The zero-order valence-corrected chi connectivity index (χ0v) is 15.9. The Kier molecular flexibility index (Phi) is 6.60. The van der Waals surface area contributed by atoms with Crippen LogP contribution in [0.2, 0.25) is 0 Å². The molecule has 2 amide bonds. The maximum absolute atomic E-state index is 13.0. The summed E-state index contributed by atoms with van der Waals surface area (Å²) in [5.41, 5.74) is 2.89. The number of nitrogens with zero attached hydrogens (tertiary/aromatic N) is 2. The summed E-state index contributed by atoms with van der Waals surface area (Å²) < 4.78 is 0. The maximum atomic E-state index is 13.0. The second kappa shape index (κ2) is 9.33. The van der Waals surface area contributed by atoms with Crippen molar-refractivity contribution in [1.29, 1.82) is 0 Å². The van der Waals surface area contributed by atoms with Gasteiger partial charge < -0.3 is 15.1 Å². The fourth-order valence-electron chi connectivity index (χ4n) is 3.35. The lowest BCUT2D eigenvalue weighted by Crippen LogP contribution is -2.47. The molecule has 0 atom stereocenters. The summed E-state index contributed by atoms with van der Waals surface area (Å²) in [6.07, 6.45) is 0.352. The quantitative estimate of drug-likeness (QED) is 0.856. The highest BCUT2D eigenvalue weighted by molar-refractivity contribution is 5.94. The number of nitrogens with one attached hydrogen (secondary N) is 1. The Morgan fingerprint density at radius 3 is 2.48 bits per heavy atom. The monoisotopic (exact) mass is 365 g/mol. The van der Waals surface area contributed by atoms with Crippen LogP contribution < -0.4 is 5.32 Å². The molecule has 1 aliphatic heterocycles. The van der Waals surface area contributed by atoms with Crippen molar-refractivity contribution in [1.82, 2.24) is 15.1 Å². The van der Waals surface area contributed by atoms with Crippen molar-refractivity contribution in [2.75, 3.05) is 32.7 Å². The van der Waals surface area contributed by atoms with Crippen LogP contribution in [0, 0.1) is 6.92 Å². The van der Waals surface area contributed by atoms with Crippen molar-refractivity contribution in [3.63, 3.8) is 0 Å². The number of amides is 2. The number of benzene rings is 2. The first kappa shape index (κ1) is 19.1. The standard InChI is InChI=1S/C22H27N3O2/c1-18-6-5-7-19(16-18)17-25(22(27)20-8-3-2-4-9-20)13-10-21(26)24-14-11-23-12-15-24/h2-9,16,23H,10-15,17H2,1H3. The van der Waals surface area contributed by atoms with Crippen LogP contribution in [0.4, 0.5) is 0 Å². The first-order chi connectivity index (χ1) is 13.1. The predicted octanol–water partition coefficient (Wildman–Crippen LogP) is 2.46. The lowest BCUT2D eigenvalue weighted by atomic mass is 10.1. The van der Waals surface area contributed by atoms with E-state index in [9.17, 15) is 9.59 Å². The van der Waals surface area contributed by atoms with Gasteiger partial charge in [0.25, 0.3) is 5.91 Å². The van der Waals surface area contributed by atoms with Crippen LogP contribution in [0.15, 0.2) is 54.6 Å². The molecule has 2 aromatic carbocycles. The number of carbonyl (C=O) groups excluding carboxylic acids is 2. The first-order valence-corrected chi connectivity index (χ1v) is 9.52. The first-order valence-electron chi connectivity index (χ1n) is 9.52. The Hall–Kier alpha value is -2.66. The molecule has 1 heterocycles. The third kappa shape index (κ3) is 5.41. The zero-order chi connectivity index (χ0) is 19.1. The average Bonchev–Trinajstić information content (AvgIpc) is 2.71. The van der Waals surface area contributed by atoms with E-state index in [1.165, 1.54) is 0 Å². The van der Waals surface area contributed by atoms with Crippen LogP contribution in [-0.4, -0.2) is 54.3 Å². The average molecular weight is 365 g/mol. The second-order valence-electron chi connectivity index (χ2n) is 6.96. The molecule has 27 heavy (non-hydrogen) atoms. The van der Waals surface area contributed by atoms with Gasteiger partial charge in [-0.15, -0.1) is 0 Å². The van der Waals surface area contributed by atoms with E-state index in [-0.39, 0.29) is 11.8 Å². The van der Waals surface area contributed by atoms with Crippen LogP contribution in [0.1, 0.15) is 27.9 Å². The fraction of sp³-hybridized carbons (Fsp3) is 0.364. The molecule has 1 fully saturated rings. The highest BCUT2D eigenvalue weighted by Crippen LogP contribution is 2.13. The van der Waals surface area contributed by atoms with E-state index >= 15 is 0 Å². The summed E-state index contributed by atoms with van der Waals surface area (Å²) in [5.74, 6) is 0.0804. The van der Waals surface area contributed by atoms with Crippen molar-refractivity contribution < 1.29 is 9.59 Å². The Labute approximate surface area is 161 Å². The van der Waals surface area contributed by atoms with Crippen LogP contribution in [0.3, 0.4) is 0 Å². The van der Waals surface area contributed by atoms with Crippen molar-refractivity contribution in [2.45, 2.75) is 19.9 Å². The van der Waals surface area contributed by atoms with E-state index in [2.05, 4.69) is 11.4 Å². The van der Waals surface area contributed by atoms with E-state index in [0.717, 1.165) is 37.3 Å². The lowest BCUT2D eigenvalue weighted by Gasteiger charge is -2.29. The van der Waals surface area contributed by atoms with Gasteiger partial charge in [0.1, 0.15) is 0 Å². The normalized spacial score (nSPS) is 14.0. The lowest BCUT2D eigenvalue weighted by molar-refractivity contribution is -0.132. The summed E-state index contributed by atoms with van der Waals surface area (Å²) in [7, 11) is 0. The minimum atomic E-state index is -0.0368. The Balaban J connectivity index is 1.70. The molecule has 0 spiro atoms. The van der Waals surface area contributed by atoms with Crippen molar-refractivity contribution in [3.05, 3.63) is 71.3 Å². The largest absolute Gasteiger partial charge is 0.340 e. The van der Waals surface area contributed by atoms with Gasteiger partial charge in [0.05, 0.1) is 0 Å². The minimum absolute atomic E-state index is 0.0368. The number of carbonyl (C=O) groups is 2. The molecule has 5 heteroatoms. The summed E-state index contributed by atoms with van der Waals surface area (Å²) in [5, 5.41) is 3.25. The van der Waals surface area contributed by atoms with Gasteiger partial charge in [-0.05, 0) is 24.6 Å². The number of hydrogen-bond donors (Lipinski definition) is 1. The molecule has 1 saturated heterocycles. The van der Waals surface area contributed by atoms with Gasteiger partial charge in [-0.1, -0.05) is 48.0 Å². The molecule has 2 aromatic rings. The van der Waals surface area contributed by atoms with Gasteiger partial charge in [-0.2, -0.15) is 0 Å². The summed E-state index contributed by atoms with van der Waals surface area (Å²) in [6, 6.07) is 17.4. The van der Waals surface area contributed by atoms with Gasteiger partial charge in [-0.3, -0.25) is 9.59 Å². The van der Waals surface area contributed by atoms with Crippen molar-refractivity contribution >= 4 is 11.8 Å². The fourth-order valence-corrected chi connectivity index (χ4v) is 3.35. The summed E-state index contributed by atoms with van der Waals surface area (Å²) in [4.78, 5) is 29.2. The molecule has 1 N–H and O–H groups in total. The van der Waals surface area contributed by atoms with Gasteiger partial charge >= 0.3 is 0 Å². The van der Waals surface area contributed by atoms with Crippen molar-refractivity contribution in [2.24, 2.45) is 0 Å². The van der Waals surface area contributed by atoms with Gasteiger partial charge in [-0.25, -0.2) is 0 Å². The topological polar surface area (TPSA) is 52.7 Å². The molecule has 0 saturated carbocycles. The number of aryl methyl sites for hydroxylation is 1. The molecule has 0 radical (unpaired) electrons. The van der Waals surface area contributed by atoms with Crippen LogP contribution in [0.5, 0.6) is 0 Å². The van der Waals surface area contributed by atoms with E-state index in [1.54, 1.807) is 4.90 Å². The Morgan fingerprint density at radius 1 is 1.04 bits per heavy atom. The maximum Gasteiger partial charge on any atom is 0.254 e. The molecule has 0 unspecified atom stereocenters. The molecule has 142 valence electrons. The van der Waals surface area contributed by atoms with E-state index in [4.69, 9.17) is 0 Å². The molecular formula is C22H27N3O2. The summed E-state index contributed by atoms with van der Waals surface area (Å²) >= 11 is 0. The third-order valence-corrected chi connectivity index (χ3v) is 4.83. The second-order valence-corrected chi connectivity index (χ2v) is 6.96.